The van der Waals surface area contributed by atoms with Crippen molar-refractivity contribution in [3.8, 4) is 0 Å². The third-order valence-corrected chi connectivity index (χ3v) is 6.96. The van der Waals surface area contributed by atoms with Gasteiger partial charge in [0.05, 0.1) is 20.6 Å². The van der Waals surface area contributed by atoms with Crippen molar-refractivity contribution < 1.29 is 8.42 Å². The van der Waals surface area contributed by atoms with Crippen LogP contribution in [0.2, 0.25) is 0 Å². The summed E-state index contributed by atoms with van der Waals surface area (Å²) in [6, 6.07) is -0.486. The fourth-order valence-electron chi connectivity index (χ4n) is 1.79. The number of halogens is 1. The number of nitrogens with zero attached hydrogens (tertiary/aromatic N) is 2. The molecular weight excluding hydrogens is 330 g/mol. The first-order chi connectivity index (χ1) is 8.52. The molecule has 0 fully saturated rings. The van der Waals surface area contributed by atoms with Crippen molar-refractivity contribution in [1.82, 2.24) is 9.78 Å². The van der Waals surface area contributed by atoms with E-state index < -0.39 is 20.6 Å². The molecule has 1 unspecified atom stereocenters. The second-order valence-corrected chi connectivity index (χ2v) is 8.74. The van der Waals surface area contributed by atoms with Crippen LogP contribution in [0.4, 0.5) is 0 Å². The fourth-order valence-corrected chi connectivity index (χ4v) is 2.87. The van der Waals surface area contributed by atoms with E-state index in [1.807, 2.05) is 18.5 Å². The molecule has 1 atom stereocenters. The Morgan fingerprint density at radius 1 is 1.47 bits per heavy atom. The Kier molecular flexibility index (Phi) is 4.85. The SMILES string of the molecule is CCn1nc(C)c(Br)c1CC(N)C(C)(C)S(C)(=O)=O. The summed E-state index contributed by atoms with van der Waals surface area (Å²) in [6.07, 6.45) is 1.69. The smallest absolute Gasteiger partial charge is 0.154 e. The largest absolute Gasteiger partial charge is 0.326 e. The van der Waals surface area contributed by atoms with Gasteiger partial charge in [-0.3, -0.25) is 4.68 Å². The molecule has 7 heteroatoms. The van der Waals surface area contributed by atoms with Crippen LogP contribution in [-0.2, 0) is 22.8 Å². The van der Waals surface area contributed by atoms with E-state index in [1.165, 1.54) is 6.26 Å². The molecule has 0 saturated carbocycles. The average Bonchev–Trinajstić information content (AvgIpc) is 2.55. The maximum atomic E-state index is 11.8. The van der Waals surface area contributed by atoms with E-state index in [-0.39, 0.29) is 0 Å². The maximum Gasteiger partial charge on any atom is 0.154 e. The van der Waals surface area contributed by atoms with Crippen molar-refractivity contribution in [3.05, 3.63) is 15.9 Å². The minimum absolute atomic E-state index is 0.468. The molecule has 0 amide bonds. The van der Waals surface area contributed by atoms with E-state index in [9.17, 15) is 8.42 Å². The van der Waals surface area contributed by atoms with Gasteiger partial charge in [0.25, 0.3) is 0 Å². The Morgan fingerprint density at radius 3 is 2.42 bits per heavy atom. The number of sulfone groups is 1. The number of rotatable bonds is 5. The highest BCUT2D eigenvalue weighted by Crippen LogP contribution is 2.26. The lowest BCUT2D eigenvalue weighted by molar-refractivity contribution is 0.468. The molecule has 2 N–H and O–H groups in total. The van der Waals surface area contributed by atoms with Gasteiger partial charge < -0.3 is 5.73 Å². The van der Waals surface area contributed by atoms with Crippen LogP contribution in [0.1, 0.15) is 32.2 Å². The van der Waals surface area contributed by atoms with Crippen molar-refractivity contribution in [2.75, 3.05) is 6.26 Å². The van der Waals surface area contributed by atoms with Gasteiger partial charge in [0.1, 0.15) is 0 Å². The van der Waals surface area contributed by atoms with Crippen molar-refractivity contribution in [2.24, 2.45) is 5.73 Å². The quantitative estimate of drug-likeness (QED) is 0.874. The summed E-state index contributed by atoms with van der Waals surface area (Å²) in [6.45, 7) is 7.97. The Labute approximate surface area is 123 Å². The van der Waals surface area contributed by atoms with Crippen LogP contribution < -0.4 is 5.73 Å². The molecule has 0 aromatic carbocycles. The van der Waals surface area contributed by atoms with Gasteiger partial charge in [0.2, 0.25) is 0 Å². The summed E-state index contributed by atoms with van der Waals surface area (Å²) in [5, 5.41) is 4.39. The molecule has 0 aliphatic rings. The summed E-state index contributed by atoms with van der Waals surface area (Å²) in [7, 11) is -3.22. The molecular formula is C12H22BrN3O2S. The molecule has 0 aliphatic heterocycles. The molecule has 19 heavy (non-hydrogen) atoms. The van der Waals surface area contributed by atoms with Gasteiger partial charge in [-0.1, -0.05) is 0 Å². The highest BCUT2D eigenvalue weighted by atomic mass is 79.9. The summed E-state index contributed by atoms with van der Waals surface area (Å²) in [4.78, 5) is 0. The minimum atomic E-state index is -3.22. The van der Waals surface area contributed by atoms with Crippen LogP contribution >= 0.6 is 15.9 Å². The molecule has 1 aromatic rings. The zero-order chi connectivity index (χ0) is 15.0. The van der Waals surface area contributed by atoms with Gasteiger partial charge >= 0.3 is 0 Å². The zero-order valence-corrected chi connectivity index (χ0v) is 14.5. The van der Waals surface area contributed by atoms with Crippen LogP contribution in [-0.4, -0.2) is 35.2 Å². The fraction of sp³-hybridized carbons (Fsp3) is 0.750. The van der Waals surface area contributed by atoms with Crippen molar-refractivity contribution in [2.45, 2.75) is 51.4 Å². The topological polar surface area (TPSA) is 78.0 Å². The van der Waals surface area contributed by atoms with E-state index in [0.717, 1.165) is 22.4 Å². The van der Waals surface area contributed by atoms with Crippen molar-refractivity contribution >= 4 is 25.8 Å². The minimum Gasteiger partial charge on any atom is -0.326 e. The van der Waals surface area contributed by atoms with Gasteiger partial charge in [0.15, 0.2) is 9.84 Å². The number of hydrogen-bond donors (Lipinski definition) is 1. The molecule has 1 heterocycles. The monoisotopic (exact) mass is 351 g/mol. The molecule has 0 aliphatic carbocycles. The summed E-state index contributed by atoms with van der Waals surface area (Å²) < 4.78 is 25.4. The zero-order valence-electron chi connectivity index (χ0n) is 12.1. The van der Waals surface area contributed by atoms with Gasteiger partial charge in [-0.05, 0) is 43.6 Å². The first kappa shape index (κ1) is 16.7. The van der Waals surface area contributed by atoms with Crippen LogP contribution in [0.25, 0.3) is 0 Å². The summed E-state index contributed by atoms with van der Waals surface area (Å²) >= 11 is 3.50. The first-order valence-corrected chi connectivity index (χ1v) is 8.87. The number of aromatic nitrogens is 2. The predicted molar refractivity (Wildman–Crippen MR) is 80.9 cm³/mol. The van der Waals surface area contributed by atoms with Gasteiger partial charge in [-0.2, -0.15) is 5.10 Å². The van der Waals surface area contributed by atoms with Gasteiger partial charge in [-0.25, -0.2) is 8.42 Å². The second kappa shape index (κ2) is 5.54. The second-order valence-electron chi connectivity index (χ2n) is 5.35. The normalized spacial score (nSPS) is 14.7. The molecule has 1 rings (SSSR count). The van der Waals surface area contributed by atoms with Crippen LogP contribution in [0, 0.1) is 6.92 Å². The molecule has 0 bridgehead atoms. The van der Waals surface area contributed by atoms with E-state index >= 15 is 0 Å². The van der Waals surface area contributed by atoms with Crippen LogP contribution in [0.15, 0.2) is 4.47 Å². The number of aryl methyl sites for hydroxylation is 2. The molecule has 0 spiro atoms. The van der Waals surface area contributed by atoms with Gasteiger partial charge in [0, 0.05) is 25.3 Å². The van der Waals surface area contributed by atoms with Gasteiger partial charge in [-0.15, -0.1) is 0 Å². The molecule has 110 valence electrons. The first-order valence-electron chi connectivity index (χ1n) is 6.19. The number of hydrogen-bond acceptors (Lipinski definition) is 4. The molecule has 0 saturated heterocycles. The lowest BCUT2D eigenvalue weighted by Gasteiger charge is -2.29. The highest BCUT2D eigenvalue weighted by Gasteiger charge is 2.37. The third kappa shape index (κ3) is 3.20. The highest BCUT2D eigenvalue weighted by molar-refractivity contribution is 9.10. The van der Waals surface area contributed by atoms with Crippen LogP contribution in [0.3, 0.4) is 0 Å². The standard InChI is InChI=1S/C12H22BrN3O2S/c1-6-16-9(11(13)8(2)15-16)7-10(14)12(3,4)19(5,17)18/h10H,6-7,14H2,1-5H3. The Hall–Kier alpha value is -0.400. The molecule has 1 aromatic heterocycles. The predicted octanol–water partition coefficient (Wildman–Crippen LogP) is 1.67. The molecule has 5 nitrogen and oxygen atoms in total. The number of nitrogens with two attached hydrogens (primary N) is 1. The van der Waals surface area contributed by atoms with Crippen molar-refractivity contribution in [3.63, 3.8) is 0 Å². The van der Waals surface area contributed by atoms with E-state index in [4.69, 9.17) is 5.73 Å². The maximum absolute atomic E-state index is 11.8. The lowest BCUT2D eigenvalue weighted by atomic mass is 9.99. The van der Waals surface area contributed by atoms with Crippen molar-refractivity contribution in [1.29, 1.82) is 0 Å². The Balaban J connectivity index is 3.10. The van der Waals surface area contributed by atoms with E-state index in [1.54, 1.807) is 13.8 Å². The average molecular weight is 352 g/mol. The summed E-state index contributed by atoms with van der Waals surface area (Å²) in [5.41, 5.74) is 7.97. The Morgan fingerprint density at radius 2 is 2.00 bits per heavy atom. The van der Waals surface area contributed by atoms with E-state index in [0.29, 0.717) is 6.42 Å². The van der Waals surface area contributed by atoms with E-state index in [2.05, 4.69) is 21.0 Å². The molecule has 0 radical (unpaired) electrons. The third-order valence-electron chi connectivity index (χ3n) is 3.71. The van der Waals surface area contributed by atoms with Crippen LogP contribution in [0.5, 0.6) is 0 Å². The lowest BCUT2D eigenvalue weighted by Crippen LogP contribution is -2.50. The summed E-state index contributed by atoms with van der Waals surface area (Å²) in [5.74, 6) is 0. The Bertz CT molecular complexity index is 564.